The SMILES string of the molecule is CCCCCCCCCCOc1ccc(C(=O)O)c(-c2ccc(OCC(C)OCC)cc2)c1. The highest BCUT2D eigenvalue weighted by Crippen LogP contribution is 2.30. The van der Waals surface area contributed by atoms with Gasteiger partial charge in [0.25, 0.3) is 0 Å². The first-order valence-corrected chi connectivity index (χ1v) is 12.4. The van der Waals surface area contributed by atoms with Crippen LogP contribution in [0.2, 0.25) is 0 Å². The highest BCUT2D eigenvalue weighted by molar-refractivity contribution is 5.96. The summed E-state index contributed by atoms with van der Waals surface area (Å²) in [6.45, 7) is 7.93. The quantitative estimate of drug-likeness (QED) is 0.252. The van der Waals surface area contributed by atoms with Crippen molar-refractivity contribution in [2.75, 3.05) is 19.8 Å². The molecule has 0 aliphatic carbocycles. The van der Waals surface area contributed by atoms with Crippen molar-refractivity contribution in [1.82, 2.24) is 0 Å². The van der Waals surface area contributed by atoms with E-state index in [1.807, 2.05) is 44.2 Å². The number of hydrogen-bond donors (Lipinski definition) is 1. The van der Waals surface area contributed by atoms with Crippen molar-refractivity contribution < 1.29 is 24.1 Å². The van der Waals surface area contributed by atoms with Crippen LogP contribution in [0.5, 0.6) is 11.5 Å². The van der Waals surface area contributed by atoms with Gasteiger partial charge in [0.2, 0.25) is 0 Å². The van der Waals surface area contributed by atoms with Crippen molar-refractivity contribution in [3.8, 4) is 22.6 Å². The molecule has 2 aromatic rings. The Morgan fingerprint density at radius 3 is 2.12 bits per heavy atom. The Morgan fingerprint density at radius 1 is 0.848 bits per heavy atom. The first-order chi connectivity index (χ1) is 16.0. The molecule has 2 rings (SSSR count). The molecule has 33 heavy (non-hydrogen) atoms. The number of rotatable bonds is 17. The smallest absolute Gasteiger partial charge is 0.336 e. The molecule has 0 aliphatic rings. The van der Waals surface area contributed by atoms with Crippen molar-refractivity contribution in [2.24, 2.45) is 0 Å². The number of hydrogen-bond acceptors (Lipinski definition) is 4. The van der Waals surface area contributed by atoms with E-state index in [9.17, 15) is 9.90 Å². The van der Waals surface area contributed by atoms with Gasteiger partial charge in [-0.1, -0.05) is 64.0 Å². The Bertz CT molecular complexity index is 816. The van der Waals surface area contributed by atoms with E-state index in [0.29, 0.717) is 31.1 Å². The number of carboxylic acid groups (broad SMARTS) is 1. The molecule has 2 aromatic carbocycles. The van der Waals surface area contributed by atoms with E-state index >= 15 is 0 Å². The van der Waals surface area contributed by atoms with Crippen LogP contribution in [0.15, 0.2) is 42.5 Å². The first-order valence-electron chi connectivity index (χ1n) is 12.4. The van der Waals surface area contributed by atoms with Gasteiger partial charge in [0.15, 0.2) is 0 Å². The third-order valence-corrected chi connectivity index (χ3v) is 5.59. The molecule has 0 fully saturated rings. The molecular formula is C28H40O5. The van der Waals surface area contributed by atoms with Crippen LogP contribution in [-0.4, -0.2) is 37.0 Å². The fraction of sp³-hybridized carbons (Fsp3) is 0.536. The maximum Gasteiger partial charge on any atom is 0.336 e. The van der Waals surface area contributed by atoms with Crippen molar-refractivity contribution >= 4 is 5.97 Å². The minimum Gasteiger partial charge on any atom is -0.494 e. The van der Waals surface area contributed by atoms with Crippen LogP contribution in [0.1, 0.15) is 82.5 Å². The van der Waals surface area contributed by atoms with E-state index in [0.717, 1.165) is 24.2 Å². The summed E-state index contributed by atoms with van der Waals surface area (Å²) in [6.07, 6.45) is 10.0. The summed E-state index contributed by atoms with van der Waals surface area (Å²) >= 11 is 0. The Balaban J connectivity index is 1.92. The van der Waals surface area contributed by atoms with Crippen LogP contribution in [0, 0.1) is 0 Å². The summed E-state index contributed by atoms with van der Waals surface area (Å²) in [6, 6.07) is 12.7. The third-order valence-electron chi connectivity index (χ3n) is 5.59. The van der Waals surface area contributed by atoms with Crippen LogP contribution in [-0.2, 0) is 4.74 Å². The first kappa shape index (κ1) is 26.7. The molecule has 0 aliphatic heterocycles. The average molecular weight is 457 g/mol. The van der Waals surface area contributed by atoms with E-state index < -0.39 is 5.97 Å². The number of ether oxygens (including phenoxy) is 3. The molecule has 182 valence electrons. The normalized spacial score (nSPS) is 11.8. The maximum absolute atomic E-state index is 11.8. The minimum absolute atomic E-state index is 0.0168. The predicted molar refractivity (Wildman–Crippen MR) is 134 cm³/mol. The van der Waals surface area contributed by atoms with Crippen molar-refractivity contribution in [3.63, 3.8) is 0 Å². The number of carbonyl (C=O) groups is 1. The second-order valence-corrected chi connectivity index (χ2v) is 8.44. The van der Waals surface area contributed by atoms with Crippen LogP contribution >= 0.6 is 0 Å². The largest absolute Gasteiger partial charge is 0.494 e. The molecule has 0 saturated carbocycles. The van der Waals surface area contributed by atoms with Gasteiger partial charge in [-0.3, -0.25) is 0 Å². The topological polar surface area (TPSA) is 65.0 Å². The second kappa shape index (κ2) is 15.3. The fourth-order valence-corrected chi connectivity index (χ4v) is 3.74. The summed E-state index contributed by atoms with van der Waals surface area (Å²) in [7, 11) is 0. The lowest BCUT2D eigenvalue weighted by Crippen LogP contribution is -2.17. The van der Waals surface area contributed by atoms with Gasteiger partial charge in [-0.05, 0) is 61.7 Å². The average Bonchev–Trinajstić information content (AvgIpc) is 2.82. The number of benzene rings is 2. The fourth-order valence-electron chi connectivity index (χ4n) is 3.74. The van der Waals surface area contributed by atoms with E-state index in [1.165, 1.54) is 38.5 Å². The van der Waals surface area contributed by atoms with Gasteiger partial charge in [-0.15, -0.1) is 0 Å². The van der Waals surface area contributed by atoms with E-state index in [1.54, 1.807) is 12.1 Å². The Labute approximate surface area is 199 Å². The van der Waals surface area contributed by atoms with Gasteiger partial charge in [-0.2, -0.15) is 0 Å². The minimum atomic E-state index is -0.953. The second-order valence-electron chi connectivity index (χ2n) is 8.44. The number of carboxylic acids is 1. The molecule has 0 aromatic heterocycles. The highest BCUT2D eigenvalue weighted by Gasteiger charge is 2.13. The Hall–Kier alpha value is -2.53. The maximum atomic E-state index is 11.8. The summed E-state index contributed by atoms with van der Waals surface area (Å²) in [5.74, 6) is 0.471. The molecule has 1 N–H and O–H groups in total. The van der Waals surface area contributed by atoms with Crippen LogP contribution in [0.4, 0.5) is 0 Å². The molecule has 1 atom stereocenters. The summed E-state index contributed by atoms with van der Waals surface area (Å²) in [5.41, 5.74) is 1.72. The standard InChI is InChI=1S/C28H40O5/c1-4-6-7-8-9-10-11-12-19-32-25-17-18-26(28(29)30)27(20-25)23-13-15-24(16-14-23)33-21-22(3)31-5-2/h13-18,20,22H,4-12,19,21H2,1-3H3,(H,29,30). The van der Waals surface area contributed by atoms with Crippen molar-refractivity contribution in [2.45, 2.75) is 78.2 Å². The van der Waals surface area contributed by atoms with Crippen LogP contribution in [0.25, 0.3) is 11.1 Å². The molecule has 0 spiro atoms. The summed E-state index contributed by atoms with van der Waals surface area (Å²) < 4.78 is 17.2. The summed E-state index contributed by atoms with van der Waals surface area (Å²) in [5, 5.41) is 9.64. The van der Waals surface area contributed by atoms with E-state index in [-0.39, 0.29) is 11.7 Å². The lowest BCUT2D eigenvalue weighted by atomic mass is 9.99. The summed E-state index contributed by atoms with van der Waals surface area (Å²) in [4.78, 5) is 11.8. The molecule has 0 radical (unpaired) electrons. The zero-order chi connectivity index (χ0) is 23.9. The third kappa shape index (κ3) is 9.87. The van der Waals surface area contributed by atoms with Gasteiger partial charge in [0.1, 0.15) is 18.1 Å². The number of aromatic carboxylic acids is 1. The molecule has 0 bridgehead atoms. The number of unbranched alkanes of at least 4 members (excludes halogenated alkanes) is 7. The van der Waals surface area contributed by atoms with Gasteiger partial charge >= 0.3 is 5.97 Å². The molecule has 0 heterocycles. The van der Waals surface area contributed by atoms with Crippen LogP contribution < -0.4 is 9.47 Å². The van der Waals surface area contributed by atoms with Crippen LogP contribution in [0.3, 0.4) is 0 Å². The van der Waals surface area contributed by atoms with Gasteiger partial charge in [0, 0.05) is 6.61 Å². The lowest BCUT2D eigenvalue weighted by Gasteiger charge is -2.14. The van der Waals surface area contributed by atoms with Gasteiger partial charge in [-0.25, -0.2) is 4.79 Å². The monoisotopic (exact) mass is 456 g/mol. The predicted octanol–water partition coefficient (Wildman–Crippen LogP) is 7.38. The zero-order valence-electron chi connectivity index (χ0n) is 20.5. The Kier molecular flexibility index (Phi) is 12.4. The molecule has 1 unspecified atom stereocenters. The lowest BCUT2D eigenvalue weighted by molar-refractivity contribution is 0.0402. The molecule has 5 nitrogen and oxygen atoms in total. The Morgan fingerprint density at radius 2 is 1.48 bits per heavy atom. The molecule has 0 amide bonds. The highest BCUT2D eigenvalue weighted by atomic mass is 16.5. The van der Waals surface area contributed by atoms with Crippen molar-refractivity contribution in [3.05, 3.63) is 48.0 Å². The molecule has 0 saturated heterocycles. The zero-order valence-corrected chi connectivity index (χ0v) is 20.5. The van der Waals surface area contributed by atoms with Gasteiger partial charge in [0.05, 0.1) is 18.3 Å². The van der Waals surface area contributed by atoms with E-state index in [2.05, 4.69) is 6.92 Å². The molecule has 5 heteroatoms. The van der Waals surface area contributed by atoms with Crippen molar-refractivity contribution in [1.29, 1.82) is 0 Å². The molecular weight excluding hydrogens is 416 g/mol. The van der Waals surface area contributed by atoms with E-state index in [4.69, 9.17) is 14.2 Å². The van der Waals surface area contributed by atoms with Gasteiger partial charge < -0.3 is 19.3 Å².